The Labute approximate surface area is 190 Å². The SMILES string of the molecule is COc1ccc(S(=O)(=O)N2CCCCC2)cc1NC(=O)COc1ccc(C(C)(C)C)cc1. The third-order valence-electron chi connectivity index (χ3n) is 5.49. The van der Waals surface area contributed by atoms with Crippen LogP contribution in [0.3, 0.4) is 0 Å². The summed E-state index contributed by atoms with van der Waals surface area (Å²) in [7, 11) is -2.15. The van der Waals surface area contributed by atoms with Gasteiger partial charge in [-0.25, -0.2) is 8.42 Å². The average molecular weight is 461 g/mol. The second-order valence-electron chi connectivity index (χ2n) is 8.94. The fourth-order valence-corrected chi connectivity index (χ4v) is 5.13. The molecule has 2 aromatic carbocycles. The molecule has 1 aliphatic rings. The van der Waals surface area contributed by atoms with Crippen molar-refractivity contribution in [3.63, 3.8) is 0 Å². The minimum absolute atomic E-state index is 0.0337. The number of benzene rings is 2. The van der Waals surface area contributed by atoms with Crippen molar-refractivity contribution in [3.05, 3.63) is 48.0 Å². The topological polar surface area (TPSA) is 84.9 Å². The monoisotopic (exact) mass is 460 g/mol. The minimum atomic E-state index is -3.62. The largest absolute Gasteiger partial charge is 0.495 e. The van der Waals surface area contributed by atoms with Crippen LogP contribution in [0.4, 0.5) is 5.69 Å². The standard InChI is InChI=1S/C24H32N2O5S/c1-24(2,3)18-8-10-19(11-9-18)31-17-23(27)25-21-16-20(12-13-22(21)30-4)32(28,29)26-14-6-5-7-15-26/h8-13,16H,5-7,14-15,17H2,1-4H3,(H,25,27). The molecule has 0 aromatic heterocycles. The van der Waals surface area contributed by atoms with Crippen LogP contribution in [0.2, 0.25) is 0 Å². The number of hydrogen-bond acceptors (Lipinski definition) is 5. The first-order valence-corrected chi connectivity index (χ1v) is 12.3. The van der Waals surface area contributed by atoms with Gasteiger partial charge in [-0.3, -0.25) is 4.79 Å². The highest BCUT2D eigenvalue weighted by molar-refractivity contribution is 7.89. The van der Waals surface area contributed by atoms with Gasteiger partial charge in [0.15, 0.2) is 6.61 Å². The van der Waals surface area contributed by atoms with Gasteiger partial charge in [0.25, 0.3) is 5.91 Å². The van der Waals surface area contributed by atoms with Crippen molar-refractivity contribution in [1.29, 1.82) is 0 Å². The van der Waals surface area contributed by atoms with Gasteiger partial charge < -0.3 is 14.8 Å². The van der Waals surface area contributed by atoms with Gasteiger partial charge in [0, 0.05) is 13.1 Å². The molecule has 1 heterocycles. The summed E-state index contributed by atoms with van der Waals surface area (Å²) in [5.74, 6) is 0.558. The maximum Gasteiger partial charge on any atom is 0.262 e. The molecule has 0 radical (unpaired) electrons. The molecule has 0 spiro atoms. The number of carbonyl (C=O) groups excluding carboxylic acids is 1. The van der Waals surface area contributed by atoms with Gasteiger partial charge >= 0.3 is 0 Å². The van der Waals surface area contributed by atoms with Gasteiger partial charge in [-0.2, -0.15) is 4.31 Å². The molecule has 1 saturated heterocycles. The van der Waals surface area contributed by atoms with E-state index in [1.165, 1.54) is 29.1 Å². The fourth-order valence-electron chi connectivity index (χ4n) is 3.59. The van der Waals surface area contributed by atoms with Crippen molar-refractivity contribution >= 4 is 21.6 Å². The molecule has 32 heavy (non-hydrogen) atoms. The van der Waals surface area contributed by atoms with E-state index in [0.29, 0.717) is 30.3 Å². The molecule has 0 unspecified atom stereocenters. The summed E-state index contributed by atoms with van der Waals surface area (Å²) in [5.41, 5.74) is 1.50. The van der Waals surface area contributed by atoms with Crippen molar-refractivity contribution in [2.24, 2.45) is 0 Å². The Bertz CT molecular complexity index is 1040. The van der Waals surface area contributed by atoms with Crippen molar-refractivity contribution in [2.45, 2.75) is 50.3 Å². The van der Waals surface area contributed by atoms with Crippen molar-refractivity contribution in [2.75, 3.05) is 32.1 Å². The van der Waals surface area contributed by atoms with Gasteiger partial charge in [0.2, 0.25) is 10.0 Å². The number of piperidine rings is 1. The number of ether oxygens (including phenoxy) is 2. The number of amides is 1. The Morgan fingerprint density at radius 1 is 1.03 bits per heavy atom. The summed E-state index contributed by atoms with van der Waals surface area (Å²) in [6, 6.07) is 12.1. The Morgan fingerprint density at radius 2 is 1.69 bits per heavy atom. The van der Waals surface area contributed by atoms with E-state index in [2.05, 4.69) is 26.1 Å². The molecule has 2 aromatic rings. The predicted octanol–water partition coefficient (Wildman–Crippen LogP) is 4.18. The van der Waals surface area contributed by atoms with E-state index in [4.69, 9.17) is 9.47 Å². The zero-order chi connectivity index (χ0) is 23.4. The zero-order valence-electron chi connectivity index (χ0n) is 19.2. The molecular formula is C24H32N2O5S. The zero-order valence-corrected chi connectivity index (χ0v) is 20.0. The van der Waals surface area contributed by atoms with E-state index in [0.717, 1.165) is 19.3 Å². The van der Waals surface area contributed by atoms with Crippen LogP contribution in [0.25, 0.3) is 0 Å². The minimum Gasteiger partial charge on any atom is -0.495 e. The highest BCUT2D eigenvalue weighted by Gasteiger charge is 2.27. The van der Waals surface area contributed by atoms with Crippen LogP contribution in [0.15, 0.2) is 47.4 Å². The lowest BCUT2D eigenvalue weighted by Crippen LogP contribution is -2.35. The summed E-state index contributed by atoms with van der Waals surface area (Å²) in [6.07, 6.45) is 2.75. The highest BCUT2D eigenvalue weighted by Crippen LogP contribution is 2.30. The van der Waals surface area contributed by atoms with Crippen LogP contribution in [-0.4, -0.2) is 45.4 Å². The molecular weight excluding hydrogens is 428 g/mol. The number of nitrogens with zero attached hydrogens (tertiary/aromatic N) is 1. The lowest BCUT2D eigenvalue weighted by molar-refractivity contribution is -0.118. The summed E-state index contributed by atoms with van der Waals surface area (Å²) < 4.78 is 38.4. The number of anilines is 1. The highest BCUT2D eigenvalue weighted by atomic mass is 32.2. The van der Waals surface area contributed by atoms with Crippen LogP contribution >= 0.6 is 0 Å². The van der Waals surface area contributed by atoms with E-state index in [1.807, 2.05) is 24.3 Å². The quantitative estimate of drug-likeness (QED) is 0.670. The van der Waals surface area contributed by atoms with Crippen LogP contribution in [-0.2, 0) is 20.2 Å². The van der Waals surface area contributed by atoms with Crippen LogP contribution in [0, 0.1) is 0 Å². The van der Waals surface area contributed by atoms with Gasteiger partial charge in [-0.05, 0) is 54.2 Å². The Balaban J connectivity index is 1.69. The number of methoxy groups -OCH3 is 1. The second kappa shape index (κ2) is 9.92. The number of rotatable bonds is 7. The molecule has 8 heteroatoms. The van der Waals surface area contributed by atoms with Crippen molar-refractivity contribution in [3.8, 4) is 11.5 Å². The maximum atomic E-state index is 13.0. The summed E-state index contributed by atoms with van der Waals surface area (Å²) in [6.45, 7) is 7.20. The second-order valence-corrected chi connectivity index (χ2v) is 10.9. The number of sulfonamides is 1. The third kappa shape index (κ3) is 5.81. The molecule has 1 amide bonds. The molecule has 174 valence electrons. The normalized spacial score (nSPS) is 15.2. The molecule has 1 fully saturated rings. The number of nitrogens with one attached hydrogen (secondary N) is 1. The Hall–Kier alpha value is -2.58. The third-order valence-corrected chi connectivity index (χ3v) is 7.38. The molecule has 7 nitrogen and oxygen atoms in total. The number of carbonyl (C=O) groups is 1. The van der Waals surface area contributed by atoms with E-state index in [9.17, 15) is 13.2 Å². The average Bonchev–Trinajstić information content (AvgIpc) is 2.78. The summed E-state index contributed by atoms with van der Waals surface area (Å²) in [4.78, 5) is 12.6. The van der Waals surface area contributed by atoms with E-state index >= 15 is 0 Å². The van der Waals surface area contributed by atoms with Crippen LogP contribution in [0.1, 0.15) is 45.6 Å². The van der Waals surface area contributed by atoms with Crippen molar-refractivity contribution in [1.82, 2.24) is 4.31 Å². The molecule has 0 saturated carbocycles. The van der Waals surface area contributed by atoms with Gasteiger partial charge in [0.05, 0.1) is 17.7 Å². The maximum absolute atomic E-state index is 13.0. The Kier molecular flexibility index (Phi) is 7.46. The van der Waals surface area contributed by atoms with E-state index in [1.54, 1.807) is 6.07 Å². The molecule has 3 rings (SSSR count). The van der Waals surface area contributed by atoms with Crippen LogP contribution in [0.5, 0.6) is 11.5 Å². The lowest BCUT2D eigenvalue weighted by Gasteiger charge is -2.26. The van der Waals surface area contributed by atoms with Gasteiger partial charge in [-0.1, -0.05) is 39.3 Å². The number of hydrogen-bond donors (Lipinski definition) is 1. The molecule has 1 aliphatic heterocycles. The van der Waals surface area contributed by atoms with E-state index < -0.39 is 15.9 Å². The predicted molar refractivity (Wildman–Crippen MR) is 125 cm³/mol. The first-order valence-electron chi connectivity index (χ1n) is 10.8. The summed E-state index contributed by atoms with van der Waals surface area (Å²) in [5, 5.41) is 2.71. The lowest BCUT2D eigenvalue weighted by atomic mass is 9.87. The van der Waals surface area contributed by atoms with Crippen molar-refractivity contribution < 1.29 is 22.7 Å². The summed E-state index contributed by atoms with van der Waals surface area (Å²) >= 11 is 0. The smallest absolute Gasteiger partial charge is 0.262 e. The van der Waals surface area contributed by atoms with Gasteiger partial charge in [-0.15, -0.1) is 0 Å². The first kappa shape index (κ1) is 24.1. The van der Waals surface area contributed by atoms with E-state index in [-0.39, 0.29) is 16.9 Å². The first-order chi connectivity index (χ1) is 15.1. The molecule has 1 N–H and O–H groups in total. The molecule has 0 bridgehead atoms. The fraction of sp³-hybridized carbons (Fsp3) is 0.458. The molecule has 0 aliphatic carbocycles. The van der Waals surface area contributed by atoms with Crippen LogP contribution < -0.4 is 14.8 Å². The Morgan fingerprint density at radius 3 is 2.28 bits per heavy atom. The molecule has 0 atom stereocenters. The van der Waals surface area contributed by atoms with Gasteiger partial charge in [0.1, 0.15) is 11.5 Å².